The average molecular weight is 334 g/mol. The maximum atomic E-state index is 12.3. The van der Waals surface area contributed by atoms with Crippen LogP contribution in [0.25, 0.3) is 23.7 Å². The Labute approximate surface area is 144 Å². The summed E-state index contributed by atoms with van der Waals surface area (Å²) in [6.45, 7) is 5.75. The Balaban J connectivity index is 1.69. The molecule has 25 heavy (non-hydrogen) atoms. The summed E-state index contributed by atoms with van der Waals surface area (Å²) >= 11 is 0. The van der Waals surface area contributed by atoms with Crippen molar-refractivity contribution in [1.29, 1.82) is 0 Å². The first-order chi connectivity index (χ1) is 12.2. The van der Waals surface area contributed by atoms with Crippen molar-refractivity contribution in [1.82, 2.24) is 25.1 Å². The highest BCUT2D eigenvalue weighted by molar-refractivity contribution is 5.91. The molecule has 3 aromatic heterocycles. The molecule has 0 aliphatic rings. The van der Waals surface area contributed by atoms with Crippen molar-refractivity contribution in [3.05, 3.63) is 60.1 Å². The highest BCUT2D eigenvalue weighted by Gasteiger charge is 2.13. The maximum absolute atomic E-state index is 12.3. The molecule has 3 heterocycles. The number of allylic oxidation sites excluding steroid dienone is 1. The standard InChI is InChI=1S/C18H18N6O/c1-3-7-14-13(4-2)12(11-20-14)10-16(25)21-18-22-17(23-24-18)15-8-5-6-9-19-15/h3-9,11,20H,2,10H2,1H3,(H2,21,22,23,24,25)/b7-3-. The maximum Gasteiger partial charge on any atom is 0.249 e. The third-order valence-corrected chi connectivity index (χ3v) is 3.57. The van der Waals surface area contributed by atoms with E-state index in [1.165, 1.54) is 0 Å². The van der Waals surface area contributed by atoms with Crippen LogP contribution in [0.15, 0.2) is 43.2 Å². The van der Waals surface area contributed by atoms with Crippen LogP contribution in [0.5, 0.6) is 0 Å². The van der Waals surface area contributed by atoms with Crippen LogP contribution in [0.3, 0.4) is 0 Å². The SMILES string of the molecule is C=Cc1c(CC(=O)Nc2n[nH]c(-c3ccccn3)n2)c[nH]c1/C=C\C. The number of nitrogens with one attached hydrogen (secondary N) is 3. The van der Waals surface area contributed by atoms with Crippen molar-refractivity contribution in [2.24, 2.45) is 0 Å². The Kier molecular flexibility index (Phi) is 4.84. The minimum atomic E-state index is -0.208. The van der Waals surface area contributed by atoms with E-state index in [1.807, 2.05) is 43.5 Å². The van der Waals surface area contributed by atoms with E-state index in [9.17, 15) is 4.79 Å². The average Bonchev–Trinajstić information content (AvgIpc) is 3.23. The molecular formula is C18H18N6O. The lowest BCUT2D eigenvalue weighted by Crippen LogP contribution is -2.15. The van der Waals surface area contributed by atoms with Gasteiger partial charge in [0.2, 0.25) is 11.9 Å². The van der Waals surface area contributed by atoms with Crippen molar-refractivity contribution < 1.29 is 4.79 Å². The number of amides is 1. The Morgan fingerprint density at radius 2 is 2.28 bits per heavy atom. The van der Waals surface area contributed by atoms with E-state index in [1.54, 1.807) is 12.3 Å². The first-order valence-corrected chi connectivity index (χ1v) is 7.80. The monoisotopic (exact) mass is 334 g/mol. The number of anilines is 1. The van der Waals surface area contributed by atoms with Gasteiger partial charge in [-0.15, -0.1) is 5.10 Å². The van der Waals surface area contributed by atoms with Gasteiger partial charge in [-0.25, -0.2) is 0 Å². The van der Waals surface area contributed by atoms with E-state index >= 15 is 0 Å². The summed E-state index contributed by atoms with van der Waals surface area (Å²) in [4.78, 5) is 23.8. The van der Waals surface area contributed by atoms with E-state index in [-0.39, 0.29) is 18.3 Å². The number of nitrogens with zero attached hydrogens (tertiary/aromatic N) is 3. The minimum Gasteiger partial charge on any atom is -0.361 e. The van der Waals surface area contributed by atoms with E-state index in [4.69, 9.17) is 0 Å². The fourth-order valence-electron chi connectivity index (χ4n) is 2.46. The predicted octanol–water partition coefficient (Wildman–Crippen LogP) is 3.05. The summed E-state index contributed by atoms with van der Waals surface area (Å²) < 4.78 is 0. The van der Waals surface area contributed by atoms with Gasteiger partial charge in [-0.1, -0.05) is 24.8 Å². The summed E-state index contributed by atoms with van der Waals surface area (Å²) in [6, 6.07) is 5.48. The number of rotatable bonds is 6. The lowest BCUT2D eigenvalue weighted by molar-refractivity contribution is -0.115. The zero-order chi connectivity index (χ0) is 17.6. The number of H-pyrrole nitrogens is 2. The van der Waals surface area contributed by atoms with Crippen LogP contribution in [-0.2, 0) is 11.2 Å². The van der Waals surface area contributed by atoms with E-state index in [0.717, 1.165) is 16.8 Å². The summed E-state index contributed by atoms with van der Waals surface area (Å²) in [7, 11) is 0. The van der Waals surface area contributed by atoms with Gasteiger partial charge < -0.3 is 4.98 Å². The van der Waals surface area contributed by atoms with Crippen LogP contribution in [0, 0.1) is 0 Å². The zero-order valence-corrected chi connectivity index (χ0v) is 13.8. The molecule has 0 aromatic carbocycles. The summed E-state index contributed by atoms with van der Waals surface area (Å²) in [5.74, 6) is 0.510. The molecule has 3 aromatic rings. The number of aromatic amines is 2. The molecule has 0 radical (unpaired) electrons. The first-order valence-electron chi connectivity index (χ1n) is 7.80. The van der Waals surface area contributed by atoms with E-state index < -0.39 is 0 Å². The van der Waals surface area contributed by atoms with Gasteiger partial charge in [-0.3, -0.25) is 20.2 Å². The molecule has 126 valence electrons. The summed E-state index contributed by atoms with van der Waals surface area (Å²) in [5, 5.41) is 9.46. The van der Waals surface area contributed by atoms with Gasteiger partial charge in [0.25, 0.3) is 0 Å². The molecule has 0 bridgehead atoms. The lowest BCUT2D eigenvalue weighted by Gasteiger charge is -2.01. The number of pyridine rings is 1. The van der Waals surface area contributed by atoms with Crippen LogP contribution in [-0.4, -0.2) is 31.1 Å². The second-order valence-electron chi connectivity index (χ2n) is 5.29. The zero-order valence-electron chi connectivity index (χ0n) is 13.8. The smallest absolute Gasteiger partial charge is 0.249 e. The first kappa shape index (κ1) is 16.4. The molecular weight excluding hydrogens is 316 g/mol. The molecule has 0 spiro atoms. The van der Waals surface area contributed by atoms with Crippen LogP contribution < -0.4 is 5.32 Å². The van der Waals surface area contributed by atoms with Gasteiger partial charge in [-0.2, -0.15) is 4.98 Å². The van der Waals surface area contributed by atoms with Crippen molar-refractivity contribution in [3.63, 3.8) is 0 Å². The van der Waals surface area contributed by atoms with Crippen LogP contribution in [0.2, 0.25) is 0 Å². The second-order valence-corrected chi connectivity index (χ2v) is 5.29. The second kappa shape index (κ2) is 7.39. The number of aromatic nitrogens is 5. The van der Waals surface area contributed by atoms with Crippen molar-refractivity contribution >= 4 is 24.0 Å². The highest BCUT2D eigenvalue weighted by atomic mass is 16.1. The molecule has 0 aliphatic heterocycles. The molecule has 0 aliphatic carbocycles. The molecule has 0 saturated heterocycles. The quantitative estimate of drug-likeness (QED) is 0.645. The Morgan fingerprint density at radius 1 is 1.40 bits per heavy atom. The minimum absolute atomic E-state index is 0.197. The van der Waals surface area contributed by atoms with Crippen LogP contribution >= 0.6 is 0 Å². The third kappa shape index (κ3) is 3.72. The van der Waals surface area contributed by atoms with E-state index in [0.29, 0.717) is 11.5 Å². The molecule has 0 fully saturated rings. The fourth-order valence-corrected chi connectivity index (χ4v) is 2.46. The van der Waals surface area contributed by atoms with Gasteiger partial charge in [0.1, 0.15) is 5.69 Å². The fraction of sp³-hybridized carbons (Fsp3) is 0.111. The Morgan fingerprint density at radius 3 is 3.00 bits per heavy atom. The van der Waals surface area contributed by atoms with Gasteiger partial charge in [0.05, 0.1) is 6.42 Å². The van der Waals surface area contributed by atoms with Crippen LogP contribution in [0.1, 0.15) is 23.7 Å². The summed E-state index contributed by atoms with van der Waals surface area (Å²) in [6.07, 6.45) is 9.27. The van der Waals surface area contributed by atoms with Gasteiger partial charge in [-0.05, 0) is 30.7 Å². The number of hydrogen-bond donors (Lipinski definition) is 3. The lowest BCUT2D eigenvalue weighted by atomic mass is 10.1. The molecule has 3 rings (SSSR count). The largest absolute Gasteiger partial charge is 0.361 e. The van der Waals surface area contributed by atoms with E-state index in [2.05, 4.69) is 37.0 Å². The van der Waals surface area contributed by atoms with Crippen molar-refractivity contribution in [2.45, 2.75) is 13.3 Å². The Bertz CT molecular complexity index is 907. The third-order valence-electron chi connectivity index (χ3n) is 3.57. The molecule has 0 atom stereocenters. The Hall–Kier alpha value is -3.48. The van der Waals surface area contributed by atoms with Crippen LogP contribution in [0.4, 0.5) is 5.95 Å². The van der Waals surface area contributed by atoms with Crippen molar-refractivity contribution in [3.8, 4) is 11.5 Å². The molecule has 0 unspecified atom stereocenters. The number of carbonyl (C=O) groups is 1. The van der Waals surface area contributed by atoms with Gasteiger partial charge >= 0.3 is 0 Å². The molecule has 0 saturated carbocycles. The highest BCUT2D eigenvalue weighted by Crippen LogP contribution is 2.18. The van der Waals surface area contributed by atoms with Gasteiger partial charge in [0, 0.05) is 23.7 Å². The molecule has 1 amide bonds. The summed E-state index contributed by atoms with van der Waals surface area (Å²) in [5.41, 5.74) is 3.36. The molecule has 7 nitrogen and oxygen atoms in total. The molecule has 3 N–H and O–H groups in total. The number of carbonyl (C=O) groups excluding carboxylic acids is 1. The predicted molar refractivity (Wildman–Crippen MR) is 97.5 cm³/mol. The normalized spacial score (nSPS) is 10.9. The van der Waals surface area contributed by atoms with Gasteiger partial charge in [0.15, 0.2) is 5.82 Å². The topological polar surface area (TPSA) is 99.3 Å². The van der Waals surface area contributed by atoms with Crippen molar-refractivity contribution in [2.75, 3.05) is 5.32 Å². The molecule has 7 heteroatoms. The number of hydrogen-bond acceptors (Lipinski definition) is 4.